The fraction of sp³-hybridized carbons (Fsp3) is 0.417. The van der Waals surface area contributed by atoms with Gasteiger partial charge in [0.05, 0.1) is 40.7 Å². The molecule has 2 amide bonds. The number of likely N-dealkylation sites (tertiary alicyclic amines) is 1. The van der Waals surface area contributed by atoms with Gasteiger partial charge in [-0.15, -0.1) is 0 Å². The summed E-state index contributed by atoms with van der Waals surface area (Å²) in [6.07, 6.45) is 1.34. The molecule has 0 saturated carbocycles. The van der Waals surface area contributed by atoms with E-state index < -0.39 is 0 Å². The van der Waals surface area contributed by atoms with Gasteiger partial charge in [0.2, 0.25) is 11.8 Å². The first-order valence-electron chi connectivity index (χ1n) is 10.7. The Kier molecular flexibility index (Phi) is 8.37. The van der Waals surface area contributed by atoms with Crippen LogP contribution in [0, 0.1) is 5.92 Å². The second-order valence-corrected chi connectivity index (χ2v) is 7.72. The maximum absolute atomic E-state index is 12.8. The number of nitrogens with zero attached hydrogens (tertiary/aromatic N) is 1. The molecule has 9 nitrogen and oxygen atoms in total. The van der Waals surface area contributed by atoms with Crippen LogP contribution in [0.15, 0.2) is 36.4 Å². The number of amides is 2. The number of carbonyl (C=O) groups is 2. The third-order valence-electron chi connectivity index (χ3n) is 5.66. The highest BCUT2D eigenvalue weighted by Gasteiger charge is 2.26. The van der Waals surface area contributed by atoms with Gasteiger partial charge in [-0.05, 0) is 50.2 Å². The van der Waals surface area contributed by atoms with Gasteiger partial charge in [-0.25, -0.2) is 0 Å². The number of hydrogen-bond acceptors (Lipinski definition) is 7. The Labute approximate surface area is 193 Å². The zero-order valence-corrected chi connectivity index (χ0v) is 19.5. The summed E-state index contributed by atoms with van der Waals surface area (Å²) < 4.78 is 21.1. The normalized spacial score (nSPS) is 14.3. The summed E-state index contributed by atoms with van der Waals surface area (Å²) in [4.78, 5) is 27.3. The second kappa shape index (κ2) is 11.4. The summed E-state index contributed by atoms with van der Waals surface area (Å²) in [5.74, 6) is 2.06. The number of ether oxygens (including phenoxy) is 4. The van der Waals surface area contributed by atoms with Gasteiger partial charge in [-0.3, -0.25) is 14.5 Å². The molecule has 0 radical (unpaired) electrons. The first kappa shape index (κ1) is 24.2. The van der Waals surface area contributed by atoms with E-state index in [-0.39, 0.29) is 24.3 Å². The Morgan fingerprint density at radius 2 is 1.52 bits per heavy atom. The molecule has 1 heterocycles. The molecule has 0 aromatic heterocycles. The van der Waals surface area contributed by atoms with Gasteiger partial charge < -0.3 is 29.6 Å². The maximum Gasteiger partial charge on any atom is 0.238 e. The van der Waals surface area contributed by atoms with Gasteiger partial charge in [0.25, 0.3) is 0 Å². The molecule has 1 aliphatic rings. The van der Waals surface area contributed by atoms with Gasteiger partial charge in [-0.2, -0.15) is 0 Å². The molecule has 33 heavy (non-hydrogen) atoms. The summed E-state index contributed by atoms with van der Waals surface area (Å²) in [6.45, 7) is 1.58. The van der Waals surface area contributed by atoms with E-state index >= 15 is 0 Å². The summed E-state index contributed by atoms with van der Waals surface area (Å²) in [6, 6.07) is 10.5. The number of methoxy groups -OCH3 is 4. The molecule has 2 aromatic rings. The number of anilines is 2. The third-order valence-corrected chi connectivity index (χ3v) is 5.66. The lowest BCUT2D eigenvalue weighted by molar-refractivity contribution is -0.121. The van der Waals surface area contributed by atoms with Crippen molar-refractivity contribution >= 4 is 23.2 Å². The van der Waals surface area contributed by atoms with Crippen LogP contribution in [0.2, 0.25) is 0 Å². The largest absolute Gasteiger partial charge is 0.497 e. The van der Waals surface area contributed by atoms with E-state index in [9.17, 15) is 9.59 Å². The Morgan fingerprint density at radius 3 is 2.15 bits per heavy atom. The van der Waals surface area contributed by atoms with E-state index in [1.165, 1.54) is 0 Å². The van der Waals surface area contributed by atoms with Crippen molar-refractivity contribution in [3.63, 3.8) is 0 Å². The van der Waals surface area contributed by atoms with Crippen LogP contribution in [0.3, 0.4) is 0 Å². The third kappa shape index (κ3) is 6.29. The molecule has 1 aliphatic heterocycles. The monoisotopic (exact) mass is 457 g/mol. The molecular weight excluding hydrogens is 426 g/mol. The van der Waals surface area contributed by atoms with Crippen LogP contribution in [0.25, 0.3) is 0 Å². The average molecular weight is 458 g/mol. The van der Waals surface area contributed by atoms with E-state index in [0.717, 1.165) is 0 Å². The lowest BCUT2D eigenvalue weighted by atomic mass is 9.95. The minimum atomic E-state index is -0.133. The van der Waals surface area contributed by atoms with Crippen molar-refractivity contribution in [2.75, 3.05) is 58.7 Å². The lowest BCUT2D eigenvalue weighted by Crippen LogP contribution is -2.41. The zero-order chi connectivity index (χ0) is 23.8. The highest BCUT2D eigenvalue weighted by Crippen LogP contribution is 2.31. The van der Waals surface area contributed by atoms with E-state index in [1.54, 1.807) is 64.8 Å². The Balaban J connectivity index is 1.50. The van der Waals surface area contributed by atoms with E-state index in [2.05, 4.69) is 10.6 Å². The van der Waals surface area contributed by atoms with Crippen molar-refractivity contribution in [3.8, 4) is 23.0 Å². The Bertz CT molecular complexity index is 973. The van der Waals surface area contributed by atoms with Crippen LogP contribution < -0.4 is 29.6 Å². The van der Waals surface area contributed by atoms with Crippen LogP contribution in [0.1, 0.15) is 12.8 Å². The predicted molar refractivity (Wildman–Crippen MR) is 126 cm³/mol. The smallest absolute Gasteiger partial charge is 0.238 e. The van der Waals surface area contributed by atoms with Gasteiger partial charge >= 0.3 is 0 Å². The molecule has 0 atom stereocenters. The molecule has 3 rings (SSSR count). The summed E-state index contributed by atoms with van der Waals surface area (Å²) in [5, 5.41) is 5.83. The zero-order valence-electron chi connectivity index (χ0n) is 19.5. The predicted octanol–water partition coefficient (Wildman–Crippen LogP) is 3.01. The average Bonchev–Trinajstić information content (AvgIpc) is 2.84. The van der Waals surface area contributed by atoms with Crippen molar-refractivity contribution in [2.24, 2.45) is 5.92 Å². The fourth-order valence-corrected chi connectivity index (χ4v) is 3.82. The number of carbonyl (C=O) groups excluding carboxylic acids is 2. The number of hydrogen-bond donors (Lipinski definition) is 2. The minimum absolute atomic E-state index is 0.0593. The summed E-state index contributed by atoms with van der Waals surface area (Å²) in [5.41, 5.74) is 1.22. The number of piperidine rings is 1. The van der Waals surface area contributed by atoms with Crippen LogP contribution in [-0.4, -0.2) is 64.8 Å². The highest BCUT2D eigenvalue weighted by molar-refractivity contribution is 5.94. The van der Waals surface area contributed by atoms with E-state index in [1.807, 2.05) is 4.90 Å². The van der Waals surface area contributed by atoms with Gasteiger partial charge in [0, 0.05) is 23.7 Å². The van der Waals surface area contributed by atoms with Crippen LogP contribution >= 0.6 is 0 Å². The fourth-order valence-electron chi connectivity index (χ4n) is 3.82. The first-order chi connectivity index (χ1) is 16.0. The Hall–Kier alpha value is -3.46. The SMILES string of the molecule is COc1ccc(OC)c(NC(=O)C2CCN(CC(=O)Nc3ccc(OC)c(OC)c3)CC2)c1. The topological polar surface area (TPSA) is 98.4 Å². The van der Waals surface area contributed by atoms with Crippen molar-refractivity contribution in [3.05, 3.63) is 36.4 Å². The Morgan fingerprint density at radius 1 is 0.848 bits per heavy atom. The second-order valence-electron chi connectivity index (χ2n) is 7.72. The molecule has 2 N–H and O–H groups in total. The standard InChI is InChI=1S/C24H31N3O6/c1-30-18-6-8-20(31-2)19(14-18)26-24(29)16-9-11-27(12-10-16)15-23(28)25-17-5-7-21(32-3)22(13-17)33-4/h5-8,13-14,16H,9-12,15H2,1-4H3,(H,25,28)(H,26,29). The molecule has 0 unspecified atom stereocenters. The van der Waals surface area contributed by atoms with Gasteiger partial charge in [0.15, 0.2) is 11.5 Å². The summed E-state index contributed by atoms with van der Waals surface area (Å²) in [7, 11) is 6.24. The van der Waals surface area contributed by atoms with Crippen LogP contribution in [0.4, 0.5) is 11.4 Å². The molecule has 178 valence electrons. The molecule has 1 fully saturated rings. The first-order valence-corrected chi connectivity index (χ1v) is 10.7. The lowest BCUT2D eigenvalue weighted by Gasteiger charge is -2.30. The number of nitrogens with one attached hydrogen (secondary N) is 2. The maximum atomic E-state index is 12.8. The number of rotatable bonds is 9. The quantitative estimate of drug-likeness (QED) is 0.597. The van der Waals surface area contributed by atoms with Crippen molar-refractivity contribution in [1.82, 2.24) is 4.90 Å². The molecule has 0 aliphatic carbocycles. The highest BCUT2D eigenvalue weighted by atomic mass is 16.5. The molecule has 0 bridgehead atoms. The number of benzene rings is 2. The summed E-state index contributed by atoms with van der Waals surface area (Å²) >= 11 is 0. The van der Waals surface area contributed by atoms with E-state index in [4.69, 9.17) is 18.9 Å². The van der Waals surface area contributed by atoms with Gasteiger partial charge in [-0.1, -0.05) is 0 Å². The molecular formula is C24H31N3O6. The van der Waals surface area contributed by atoms with Crippen molar-refractivity contribution in [2.45, 2.75) is 12.8 Å². The molecule has 2 aromatic carbocycles. The molecule has 9 heteroatoms. The minimum Gasteiger partial charge on any atom is -0.497 e. The van der Waals surface area contributed by atoms with Crippen LogP contribution in [-0.2, 0) is 9.59 Å². The van der Waals surface area contributed by atoms with Crippen molar-refractivity contribution < 1.29 is 28.5 Å². The van der Waals surface area contributed by atoms with Crippen LogP contribution in [0.5, 0.6) is 23.0 Å². The van der Waals surface area contributed by atoms with Gasteiger partial charge in [0.1, 0.15) is 11.5 Å². The molecule has 1 saturated heterocycles. The van der Waals surface area contributed by atoms with E-state index in [0.29, 0.717) is 60.3 Å². The molecule has 0 spiro atoms. The van der Waals surface area contributed by atoms with Crippen molar-refractivity contribution in [1.29, 1.82) is 0 Å².